The van der Waals surface area contributed by atoms with Crippen LogP contribution in [0.2, 0.25) is 0 Å². The van der Waals surface area contributed by atoms with Crippen LogP contribution in [0.1, 0.15) is 12.5 Å². The lowest BCUT2D eigenvalue weighted by molar-refractivity contribution is -0.136. The Morgan fingerprint density at radius 2 is 2.12 bits per heavy atom. The molecule has 0 fully saturated rings. The molecule has 0 aromatic heterocycles. The van der Waals surface area contributed by atoms with E-state index in [1.807, 2.05) is 30.3 Å². The van der Waals surface area contributed by atoms with Gasteiger partial charge in [-0.3, -0.25) is 0 Å². The molecule has 0 aliphatic rings. The van der Waals surface area contributed by atoms with E-state index in [9.17, 15) is 9.90 Å². The van der Waals surface area contributed by atoms with E-state index in [1.165, 1.54) is 0 Å². The standard InChI is InChI=1S/C12H18N2O3/c1-9(7-14-12(13)16)11(15)17-8-10-5-3-2-4-6-10/h2-6,9,11,15H,7-8H2,1H3,(H3,13,14,16)/t9-,11?/m0/s1. The van der Waals surface area contributed by atoms with Crippen molar-refractivity contribution in [2.45, 2.75) is 19.8 Å². The van der Waals surface area contributed by atoms with Crippen LogP contribution in [0.15, 0.2) is 30.3 Å². The third kappa shape index (κ3) is 5.33. The number of carbonyl (C=O) groups is 1. The molecular formula is C12H18N2O3. The molecular weight excluding hydrogens is 220 g/mol. The molecule has 17 heavy (non-hydrogen) atoms. The second-order valence-electron chi connectivity index (χ2n) is 3.91. The summed E-state index contributed by atoms with van der Waals surface area (Å²) in [5.74, 6) is -0.216. The summed E-state index contributed by atoms with van der Waals surface area (Å²) in [5.41, 5.74) is 5.92. The molecule has 0 radical (unpaired) electrons. The highest BCUT2D eigenvalue weighted by Crippen LogP contribution is 2.08. The smallest absolute Gasteiger partial charge is 0.312 e. The van der Waals surface area contributed by atoms with E-state index < -0.39 is 12.3 Å². The summed E-state index contributed by atoms with van der Waals surface area (Å²) in [7, 11) is 0. The Morgan fingerprint density at radius 3 is 2.71 bits per heavy atom. The Balaban J connectivity index is 2.29. The van der Waals surface area contributed by atoms with Crippen molar-refractivity contribution < 1.29 is 14.6 Å². The van der Waals surface area contributed by atoms with Gasteiger partial charge in [-0.1, -0.05) is 37.3 Å². The fourth-order valence-corrected chi connectivity index (χ4v) is 1.28. The topological polar surface area (TPSA) is 84.6 Å². The summed E-state index contributed by atoms with van der Waals surface area (Å²) in [4.78, 5) is 10.5. The summed E-state index contributed by atoms with van der Waals surface area (Å²) in [5, 5.41) is 12.1. The SMILES string of the molecule is C[C@@H](CNC(N)=O)C(O)OCc1ccccc1. The highest BCUT2D eigenvalue weighted by molar-refractivity contribution is 5.71. The third-order valence-corrected chi connectivity index (χ3v) is 2.35. The molecule has 94 valence electrons. The Labute approximate surface area is 101 Å². The highest BCUT2D eigenvalue weighted by atomic mass is 16.6. The normalized spacial score (nSPS) is 14.0. The highest BCUT2D eigenvalue weighted by Gasteiger charge is 2.14. The fraction of sp³-hybridized carbons (Fsp3) is 0.417. The third-order valence-electron chi connectivity index (χ3n) is 2.35. The predicted octanol–water partition coefficient (Wildman–Crippen LogP) is 0.826. The zero-order chi connectivity index (χ0) is 12.7. The van der Waals surface area contributed by atoms with E-state index in [4.69, 9.17) is 10.5 Å². The lowest BCUT2D eigenvalue weighted by Gasteiger charge is -2.19. The van der Waals surface area contributed by atoms with E-state index in [2.05, 4.69) is 5.32 Å². The number of aliphatic hydroxyl groups excluding tert-OH is 1. The molecule has 0 saturated heterocycles. The Bertz CT molecular complexity index is 343. The quantitative estimate of drug-likeness (QED) is 0.642. The Kier molecular flexibility index (Phi) is 5.45. The van der Waals surface area contributed by atoms with Gasteiger partial charge in [0.2, 0.25) is 0 Å². The zero-order valence-electron chi connectivity index (χ0n) is 9.80. The number of carbonyl (C=O) groups excluding carboxylic acids is 1. The zero-order valence-corrected chi connectivity index (χ0v) is 9.80. The molecule has 0 spiro atoms. The summed E-state index contributed by atoms with van der Waals surface area (Å²) in [6, 6.07) is 8.95. The summed E-state index contributed by atoms with van der Waals surface area (Å²) >= 11 is 0. The molecule has 2 amide bonds. The summed E-state index contributed by atoms with van der Waals surface area (Å²) in [6.45, 7) is 2.39. The molecule has 0 heterocycles. The van der Waals surface area contributed by atoms with Crippen molar-refractivity contribution in [1.82, 2.24) is 5.32 Å². The fourth-order valence-electron chi connectivity index (χ4n) is 1.28. The minimum atomic E-state index is -0.929. The van der Waals surface area contributed by atoms with Gasteiger partial charge >= 0.3 is 6.03 Å². The number of nitrogens with one attached hydrogen (secondary N) is 1. The number of amides is 2. The Hall–Kier alpha value is -1.59. The molecule has 5 nitrogen and oxygen atoms in total. The van der Waals surface area contributed by atoms with Crippen molar-refractivity contribution in [2.75, 3.05) is 6.54 Å². The van der Waals surface area contributed by atoms with Gasteiger partial charge in [0.1, 0.15) is 0 Å². The number of ether oxygens (including phenoxy) is 1. The van der Waals surface area contributed by atoms with Gasteiger partial charge in [-0.15, -0.1) is 0 Å². The summed E-state index contributed by atoms with van der Waals surface area (Å²) < 4.78 is 5.29. The first-order valence-electron chi connectivity index (χ1n) is 5.46. The minimum Gasteiger partial charge on any atom is -0.368 e. The first-order chi connectivity index (χ1) is 8.09. The van der Waals surface area contributed by atoms with Crippen LogP contribution in [-0.2, 0) is 11.3 Å². The van der Waals surface area contributed by atoms with Crippen LogP contribution >= 0.6 is 0 Å². The molecule has 1 rings (SSSR count). The molecule has 1 unspecified atom stereocenters. The van der Waals surface area contributed by atoms with Crippen LogP contribution < -0.4 is 11.1 Å². The number of urea groups is 1. The van der Waals surface area contributed by atoms with Gasteiger partial charge < -0.3 is 20.9 Å². The maximum absolute atomic E-state index is 10.5. The second-order valence-corrected chi connectivity index (χ2v) is 3.91. The van der Waals surface area contributed by atoms with E-state index >= 15 is 0 Å². The van der Waals surface area contributed by atoms with Gasteiger partial charge in [0.25, 0.3) is 0 Å². The van der Waals surface area contributed by atoms with Crippen molar-refractivity contribution >= 4 is 6.03 Å². The molecule has 4 N–H and O–H groups in total. The number of nitrogens with two attached hydrogens (primary N) is 1. The molecule has 0 aliphatic carbocycles. The predicted molar refractivity (Wildman–Crippen MR) is 64.0 cm³/mol. The molecule has 0 saturated carbocycles. The van der Waals surface area contributed by atoms with Gasteiger partial charge in [0, 0.05) is 12.5 Å². The average molecular weight is 238 g/mol. The summed E-state index contributed by atoms with van der Waals surface area (Å²) in [6.07, 6.45) is -0.929. The van der Waals surface area contributed by atoms with Crippen LogP contribution in [-0.4, -0.2) is 24.0 Å². The van der Waals surface area contributed by atoms with Crippen LogP contribution in [0.3, 0.4) is 0 Å². The molecule has 0 bridgehead atoms. The van der Waals surface area contributed by atoms with Gasteiger partial charge in [-0.25, -0.2) is 4.79 Å². The van der Waals surface area contributed by atoms with Crippen molar-refractivity contribution in [3.63, 3.8) is 0 Å². The van der Waals surface area contributed by atoms with Gasteiger partial charge in [0.15, 0.2) is 6.29 Å². The van der Waals surface area contributed by atoms with Gasteiger partial charge in [0.05, 0.1) is 6.61 Å². The van der Waals surface area contributed by atoms with Gasteiger partial charge in [-0.05, 0) is 5.56 Å². The number of benzene rings is 1. The number of primary amides is 1. The average Bonchev–Trinajstić information content (AvgIpc) is 2.34. The number of hydrogen-bond donors (Lipinski definition) is 3. The van der Waals surface area contributed by atoms with Crippen LogP contribution in [0.25, 0.3) is 0 Å². The molecule has 5 heteroatoms. The van der Waals surface area contributed by atoms with Crippen molar-refractivity contribution in [3.05, 3.63) is 35.9 Å². The van der Waals surface area contributed by atoms with Crippen molar-refractivity contribution in [2.24, 2.45) is 11.7 Å². The molecule has 1 aromatic rings. The molecule has 0 aliphatic heterocycles. The lowest BCUT2D eigenvalue weighted by Crippen LogP contribution is -2.37. The van der Waals surface area contributed by atoms with Gasteiger partial charge in [-0.2, -0.15) is 0 Å². The minimum absolute atomic E-state index is 0.216. The van der Waals surface area contributed by atoms with Crippen molar-refractivity contribution in [1.29, 1.82) is 0 Å². The van der Waals surface area contributed by atoms with Crippen LogP contribution in [0.5, 0.6) is 0 Å². The lowest BCUT2D eigenvalue weighted by atomic mass is 10.1. The maximum atomic E-state index is 10.5. The van der Waals surface area contributed by atoms with E-state index in [-0.39, 0.29) is 12.5 Å². The number of hydrogen-bond acceptors (Lipinski definition) is 3. The maximum Gasteiger partial charge on any atom is 0.312 e. The largest absolute Gasteiger partial charge is 0.368 e. The second kappa shape index (κ2) is 6.88. The van der Waals surface area contributed by atoms with Crippen LogP contribution in [0.4, 0.5) is 4.79 Å². The first kappa shape index (κ1) is 13.5. The monoisotopic (exact) mass is 238 g/mol. The number of rotatable bonds is 6. The van der Waals surface area contributed by atoms with Crippen molar-refractivity contribution in [3.8, 4) is 0 Å². The van der Waals surface area contributed by atoms with Crippen LogP contribution in [0, 0.1) is 5.92 Å². The van der Waals surface area contributed by atoms with E-state index in [0.29, 0.717) is 6.61 Å². The Morgan fingerprint density at radius 1 is 1.47 bits per heavy atom. The number of aliphatic hydroxyl groups is 1. The van der Waals surface area contributed by atoms with E-state index in [1.54, 1.807) is 6.92 Å². The molecule has 2 atom stereocenters. The molecule has 1 aromatic carbocycles. The first-order valence-corrected chi connectivity index (χ1v) is 5.46. The van der Waals surface area contributed by atoms with E-state index in [0.717, 1.165) is 5.56 Å².